The monoisotopic (exact) mass is 280 g/mol. The number of benzene rings is 1. The third-order valence-electron chi connectivity index (χ3n) is 4.06. The van der Waals surface area contributed by atoms with E-state index in [4.69, 9.17) is 10.5 Å². The third-order valence-corrected chi connectivity index (χ3v) is 4.06. The van der Waals surface area contributed by atoms with Crippen LogP contribution in [0.3, 0.4) is 0 Å². The summed E-state index contributed by atoms with van der Waals surface area (Å²) in [6, 6.07) is 5.27. The molecule has 0 aliphatic carbocycles. The highest BCUT2D eigenvalue weighted by atomic mass is 19.1. The van der Waals surface area contributed by atoms with Crippen molar-refractivity contribution in [3.05, 3.63) is 29.6 Å². The summed E-state index contributed by atoms with van der Waals surface area (Å²) in [7, 11) is 1.48. The largest absolute Gasteiger partial charge is 0.494 e. The predicted octanol–water partition coefficient (Wildman–Crippen LogP) is 3.10. The molecular weight excluding hydrogens is 255 g/mol. The molecule has 0 aromatic heterocycles. The number of methoxy groups -OCH3 is 1. The van der Waals surface area contributed by atoms with E-state index in [0.29, 0.717) is 0 Å². The number of nitrogens with zero attached hydrogens (tertiary/aromatic N) is 1. The Morgan fingerprint density at radius 1 is 1.35 bits per heavy atom. The van der Waals surface area contributed by atoms with Crippen LogP contribution in [0.4, 0.5) is 4.39 Å². The number of hydrogen-bond donors (Lipinski definition) is 1. The fourth-order valence-corrected chi connectivity index (χ4v) is 3.07. The molecule has 1 aliphatic rings. The minimum atomic E-state index is -0.323. The Balaban J connectivity index is 2.38. The van der Waals surface area contributed by atoms with Gasteiger partial charge in [-0.15, -0.1) is 0 Å². The Morgan fingerprint density at radius 2 is 2.05 bits per heavy atom. The van der Waals surface area contributed by atoms with E-state index in [2.05, 4.69) is 25.7 Å². The van der Waals surface area contributed by atoms with Crippen molar-refractivity contribution in [3.8, 4) is 5.75 Å². The lowest BCUT2D eigenvalue weighted by Crippen LogP contribution is -2.53. The standard InChI is InChI=1S/C16H25FN2O/c1-16(2,3)19-9-5-6-13(18)15(19)11-7-8-14(20-4)12(17)10-11/h7-8,10,13,15H,5-6,9,18H2,1-4H3. The fourth-order valence-electron chi connectivity index (χ4n) is 3.07. The summed E-state index contributed by atoms with van der Waals surface area (Å²) < 4.78 is 19.0. The maximum absolute atomic E-state index is 14.0. The fraction of sp³-hybridized carbons (Fsp3) is 0.625. The highest BCUT2D eigenvalue weighted by molar-refractivity contribution is 5.32. The molecule has 4 heteroatoms. The van der Waals surface area contributed by atoms with Crippen molar-refractivity contribution in [1.29, 1.82) is 0 Å². The molecule has 0 spiro atoms. The quantitative estimate of drug-likeness (QED) is 0.904. The Morgan fingerprint density at radius 3 is 2.60 bits per heavy atom. The van der Waals surface area contributed by atoms with Gasteiger partial charge in [0.1, 0.15) is 0 Å². The molecular formula is C16H25FN2O. The van der Waals surface area contributed by atoms with E-state index in [-0.39, 0.29) is 29.2 Å². The maximum atomic E-state index is 14.0. The maximum Gasteiger partial charge on any atom is 0.165 e. The van der Waals surface area contributed by atoms with Gasteiger partial charge in [-0.1, -0.05) is 6.07 Å². The van der Waals surface area contributed by atoms with Crippen LogP contribution in [0.15, 0.2) is 18.2 Å². The van der Waals surface area contributed by atoms with Crippen LogP contribution in [0.2, 0.25) is 0 Å². The first-order chi connectivity index (χ1) is 9.34. The molecule has 1 fully saturated rings. The van der Waals surface area contributed by atoms with Crippen molar-refractivity contribution in [1.82, 2.24) is 4.90 Å². The summed E-state index contributed by atoms with van der Waals surface area (Å²) in [5.41, 5.74) is 7.27. The van der Waals surface area contributed by atoms with Gasteiger partial charge in [-0.2, -0.15) is 0 Å². The van der Waals surface area contributed by atoms with Crippen molar-refractivity contribution >= 4 is 0 Å². The molecule has 1 aromatic rings. The molecule has 2 rings (SSSR count). The summed E-state index contributed by atoms with van der Waals surface area (Å²) in [5.74, 6) is -0.0444. The molecule has 3 nitrogen and oxygen atoms in total. The van der Waals surface area contributed by atoms with Gasteiger partial charge in [0.2, 0.25) is 0 Å². The summed E-state index contributed by atoms with van der Waals surface area (Å²) >= 11 is 0. The predicted molar refractivity (Wildman–Crippen MR) is 79.4 cm³/mol. The minimum Gasteiger partial charge on any atom is -0.494 e. The van der Waals surface area contributed by atoms with Crippen LogP contribution in [0.25, 0.3) is 0 Å². The first kappa shape index (κ1) is 15.3. The molecule has 1 aliphatic heterocycles. The Labute approximate surface area is 120 Å². The molecule has 2 unspecified atom stereocenters. The van der Waals surface area contributed by atoms with Crippen LogP contribution in [0.5, 0.6) is 5.75 Å². The van der Waals surface area contributed by atoms with Gasteiger partial charge in [0, 0.05) is 11.6 Å². The van der Waals surface area contributed by atoms with Gasteiger partial charge in [0.05, 0.1) is 13.2 Å². The number of halogens is 1. The lowest BCUT2D eigenvalue weighted by molar-refractivity contribution is 0.0382. The minimum absolute atomic E-state index is 0.0130. The van der Waals surface area contributed by atoms with Gasteiger partial charge in [0.25, 0.3) is 0 Å². The molecule has 1 aromatic carbocycles. The molecule has 2 N–H and O–H groups in total. The smallest absolute Gasteiger partial charge is 0.165 e. The van der Waals surface area contributed by atoms with Gasteiger partial charge in [0.15, 0.2) is 11.6 Å². The molecule has 1 saturated heterocycles. The van der Waals surface area contributed by atoms with E-state index in [0.717, 1.165) is 24.9 Å². The van der Waals surface area contributed by atoms with Crippen molar-refractivity contribution in [3.63, 3.8) is 0 Å². The zero-order chi connectivity index (χ0) is 14.9. The number of piperidine rings is 1. The second kappa shape index (κ2) is 5.70. The summed E-state index contributed by atoms with van der Waals surface area (Å²) in [4.78, 5) is 2.38. The van der Waals surface area contributed by atoms with Crippen molar-refractivity contribution in [2.45, 2.75) is 51.2 Å². The van der Waals surface area contributed by atoms with Crippen LogP contribution >= 0.6 is 0 Å². The SMILES string of the molecule is COc1ccc(C2C(N)CCCN2C(C)(C)C)cc1F. The summed E-state index contributed by atoms with van der Waals surface area (Å²) in [6.07, 6.45) is 2.07. The molecule has 20 heavy (non-hydrogen) atoms. The van der Waals surface area contributed by atoms with Crippen LogP contribution in [0.1, 0.15) is 45.2 Å². The number of rotatable bonds is 2. The molecule has 0 radical (unpaired) electrons. The van der Waals surface area contributed by atoms with Gasteiger partial charge in [-0.05, 0) is 57.9 Å². The van der Waals surface area contributed by atoms with Crippen LogP contribution in [-0.4, -0.2) is 30.1 Å². The van der Waals surface area contributed by atoms with Gasteiger partial charge >= 0.3 is 0 Å². The van der Waals surface area contributed by atoms with E-state index in [1.54, 1.807) is 12.1 Å². The topological polar surface area (TPSA) is 38.5 Å². The Kier molecular flexibility index (Phi) is 4.35. The highest BCUT2D eigenvalue weighted by Gasteiger charge is 2.36. The number of ether oxygens (including phenoxy) is 1. The van der Waals surface area contributed by atoms with Crippen LogP contribution < -0.4 is 10.5 Å². The van der Waals surface area contributed by atoms with Gasteiger partial charge in [-0.3, -0.25) is 4.90 Å². The van der Waals surface area contributed by atoms with Crippen molar-refractivity contribution in [2.75, 3.05) is 13.7 Å². The number of hydrogen-bond acceptors (Lipinski definition) is 3. The van der Waals surface area contributed by atoms with E-state index in [1.807, 2.05) is 6.07 Å². The molecule has 0 saturated carbocycles. The normalized spacial score (nSPS) is 24.7. The Hall–Kier alpha value is -1.13. The zero-order valence-corrected chi connectivity index (χ0v) is 12.8. The van der Waals surface area contributed by atoms with Crippen molar-refractivity contribution in [2.24, 2.45) is 5.73 Å². The second-order valence-corrected chi connectivity index (χ2v) is 6.51. The molecule has 112 valence electrons. The molecule has 2 atom stereocenters. The average molecular weight is 280 g/mol. The zero-order valence-electron chi connectivity index (χ0n) is 12.8. The molecule has 0 bridgehead atoms. The van der Waals surface area contributed by atoms with Gasteiger partial charge in [-0.25, -0.2) is 4.39 Å². The first-order valence-electron chi connectivity index (χ1n) is 7.20. The number of nitrogens with two attached hydrogens (primary N) is 1. The van der Waals surface area contributed by atoms with Crippen LogP contribution in [-0.2, 0) is 0 Å². The van der Waals surface area contributed by atoms with E-state index in [9.17, 15) is 4.39 Å². The lowest BCUT2D eigenvalue weighted by atomic mass is 9.87. The molecule has 0 amide bonds. The Bertz CT molecular complexity index is 470. The van der Waals surface area contributed by atoms with E-state index < -0.39 is 0 Å². The van der Waals surface area contributed by atoms with Crippen molar-refractivity contribution < 1.29 is 9.13 Å². The summed E-state index contributed by atoms with van der Waals surface area (Å²) in [6.45, 7) is 7.53. The number of likely N-dealkylation sites (tertiary alicyclic amines) is 1. The average Bonchev–Trinajstić information content (AvgIpc) is 2.37. The highest BCUT2D eigenvalue weighted by Crippen LogP contribution is 2.36. The third kappa shape index (κ3) is 2.96. The second-order valence-electron chi connectivity index (χ2n) is 6.51. The van der Waals surface area contributed by atoms with E-state index in [1.165, 1.54) is 7.11 Å². The first-order valence-corrected chi connectivity index (χ1v) is 7.20. The lowest BCUT2D eigenvalue weighted by Gasteiger charge is -2.47. The summed E-state index contributed by atoms with van der Waals surface area (Å²) in [5, 5.41) is 0. The van der Waals surface area contributed by atoms with Gasteiger partial charge < -0.3 is 10.5 Å². The molecule has 1 heterocycles. The van der Waals surface area contributed by atoms with Crippen LogP contribution in [0, 0.1) is 5.82 Å². The van der Waals surface area contributed by atoms with E-state index >= 15 is 0 Å².